The second-order valence-corrected chi connectivity index (χ2v) is 5.60. The summed E-state index contributed by atoms with van der Waals surface area (Å²) in [6.45, 7) is 7.79. The van der Waals surface area contributed by atoms with Crippen molar-refractivity contribution in [2.24, 2.45) is 0 Å². The predicted molar refractivity (Wildman–Crippen MR) is 71.3 cm³/mol. The van der Waals surface area contributed by atoms with Crippen LogP contribution >= 0.6 is 11.5 Å². The molecule has 1 aromatic rings. The first kappa shape index (κ1) is 11.7. The van der Waals surface area contributed by atoms with Crippen LogP contribution in [0, 0.1) is 0 Å². The summed E-state index contributed by atoms with van der Waals surface area (Å²) in [5, 5.41) is 1.32. The van der Waals surface area contributed by atoms with Gasteiger partial charge in [-0.05, 0) is 50.6 Å². The van der Waals surface area contributed by atoms with Gasteiger partial charge in [0, 0.05) is 18.2 Å². The maximum absolute atomic E-state index is 5.99. The number of anilines is 2. The lowest BCUT2D eigenvalue weighted by Crippen LogP contribution is -2.31. The highest BCUT2D eigenvalue weighted by Crippen LogP contribution is 2.49. The minimum absolute atomic E-state index is 0.525. The topological polar surface area (TPSA) is 42.2 Å². The van der Waals surface area contributed by atoms with E-state index in [9.17, 15) is 0 Å². The van der Waals surface area contributed by atoms with Crippen molar-refractivity contribution < 1.29 is 0 Å². The Labute approximate surface area is 102 Å². The first-order valence-electron chi connectivity index (χ1n) is 6.16. The molecule has 0 aromatic carbocycles. The summed E-state index contributed by atoms with van der Waals surface area (Å²) in [5.41, 5.74) is 7.32. The normalized spacial score (nSPS) is 15.8. The highest BCUT2D eigenvalue weighted by atomic mass is 32.1. The standard InChI is InChI=1S/C12H21N3S/c1-4-7-15(8(2)3)12-10(9-5-6-9)11(13)14-16-12/h8-9H,4-7H2,1-3H3,(H2,13,14). The number of nitrogens with zero attached hydrogens (tertiary/aromatic N) is 2. The van der Waals surface area contributed by atoms with Gasteiger partial charge < -0.3 is 10.6 Å². The third-order valence-corrected chi connectivity index (χ3v) is 3.99. The Balaban J connectivity index is 2.29. The fourth-order valence-electron chi connectivity index (χ4n) is 2.10. The van der Waals surface area contributed by atoms with Crippen LogP contribution in [0.15, 0.2) is 0 Å². The van der Waals surface area contributed by atoms with E-state index >= 15 is 0 Å². The van der Waals surface area contributed by atoms with E-state index in [1.165, 1.54) is 29.8 Å². The Hall–Kier alpha value is -0.770. The van der Waals surface area contributed by atoms with E-state index in [1.54, 1.807) is 11.5 Å². The smallest absolute Gasteiger partial charge is 0.142 e. The fraction of sp³-hybridized carbons (Fsp3) is 0.750. The number of hydrogen-bond acceptors (Lipinski definition) is 4. The highest BCUT2D eigenvalue weighted by Gasteiger charge is 2.32. The molecule has 0 aliphatic heterocycles. The Morgan fingerprint density at radius 1 is 1.50 bits per heavy atom. The van der Waals surface area contributed by atoms with Crippen molar-refractivity contribution in [1.82, 2.24) is 4.37 Å². The van der Waals surface area contributed by atoms with Crippen LogP contribution < -0.4 is 10.6 Å². The van der Waals surface area contributed by atoms with Crippen molar-refractivity contribution in [1.29, 1.82) is 0 Å². The summed E-state index contributed by atoms with van der Waals surface area (Å²) in [4.78, 5) is 2.45. The molecule has 1 heterocycles. The van der Waals surface area contributed by atoms with Crippen molar-refractivity contribution in [3.8, 4) is 0 Å². The molecule has 0 unspecified atom stereocenters. The third-order valence-electron chi connectivity index (χ3n) is 3.07. The molecule has 2 rings (SSSR count). The molecular weight excluding hydrogens is 218 g/mol. The molecule has 1 aromatic heterocycles. The summed E-state index contributed by atoms with van der Waals surface area (Å²) in [5.74, 6) is 1.45. The van der Waals surface area contributed by atoms with Gasteiger partial charge in [0.15, 0.2) is 0 Å². The monoisotopic (exact) mass is 239 g/mol. The highest BCUT2D eigenvalue weighted by molar-refractivity contribution is 7.10. The predicted octanol–water partition coefficient (Wildman–Crippen LogP) is 3.23. The summed E-state index contributed by atoms with van der Waals surface area (Å²) in [7, 11) is 0. The summed E-state index contributed by atoms with van der Waals surface area (Å²) in [6.07, 6.45) is 3.74. The number of aromatic nitrogens is 1. The second kappa shape index (κ2) is 4.62. The first-order chi connectivity index (χ1) is 7.65. The van der Waals surface area contributed by atoms with Crippen LogP contribution in [0.25, 0.3) is 0 Å². The maximum atomic E-state index is 5.99. The van der Waals surface area contributed by atoms with Crippen molar-refractivity contribution >= 4 is 22.4 Å². The van der Waals surface area contributed by atoms with E-state index in [0.29, 0.717) is 12.0 Å². The van der Waals surface area contributed by atoms with Crippen molar-refractivity contribution in [2.45, 2.75) is 52.0 Å². The van der Waals surface area contributed by atoms with E-state index in [-0.39, 0.29) is 0 Å². The quantitative estimate of drug-likeness (QED) is 0.857. The summed E-state index contributed by atoms with van der Waals surface area (Å²) in [6, 6.07) is 0.525. The van der Waals surface area contributed by atoms with E-state index in [1.807, 2.05) is 0 Å². The van der Waals surface area contributed by atoms with Crippen LogP contribution in [0.4, 0.5) is 10.8 Å². The lowest BCUT2D eigenvalue weighted by Gasteiger charge is -2.27. The zero-order valence-electron chi connectivity index (χ0n) is 10.4. The molecule has 0 spiro atoms. The van der Waals surface area contributed by atoms with Gasteiger partial charge in [0.2, 0.25) is 0 Å². The van der Waals surface area contributed by atoms with Gasteiger partial charge in [-0.15, -0.1) is 0 Å². The van der Waals surface area contributed by atoms with Crippen molar-refractivity contribution in [3.05, 3.63) is 5.56 Å². The molecule has 3 nitrogen and oxygen atoms in total. The Morgan fingerprint density at radius 2 is 2.19 bits per heavy atom. The molecule has 0 bridgehead atoms. The van der Waals surface area contributed by atoms with Gasteiger partial charge in [0.25, 0.3) is 0 Å². The average molecular weight is 239 g/mol. The Bertz CT molecular complexity index is 355. The van der Waals surface area contributed by atoms with E-state index in [2.05, 4.69) is 30.0 Å². The lowest BCUT2D eigenvalue weighted by molar-refractivity contribution is 0.673. The van der Waals surface area contributed by atoms with Crippen molar-refractivity contribution in [2.75, 3.05) is 17.2 Å². The third kappa shape index (κ3) is 2.17. The molecule has 0 radical (unpaired) electrons. The molecule has 2 N–H and O–H groups in total. The molecule has 0 atom stereocenters. The number of nitrogen functional groups attached to an aromatic ring is 1. The Kier molecular flexibility index (Phi) is 3.38. The minimum atomic E-state index is 0.525. The van der Waals surface area contributed by atoms with Crippen LogP contribution in [0.3, 0.4) is 0 Å². The SMILES string of the molecule is CCCN(c1snc(N)c1C1CC1)C(C)C. The molecule has 1 fully saturated rings. The van der Waals surface area contributed by atoms with Gasteiger partial charge in [0.05, 0.1) is 0 Å². The average Bonchev–Trinajstić information content (AvgIpc) is 2.99. The van der Waals surface area contributed by atoms with Crippen LogP contribution in [0.5, 0.6) is 0 Å². The number of nitrogens with two attached hydrogens (primary N) is 1. The lowest BCUT2D eigenvalue weighted by atomic mass is 10.2. The first-order valence-corrected chi connectivity index (χ1v) is 6.94. The summed E-state index contributed by atoms with van der Waals surface area (Å²) >= 11 is 1.57. The zero-order valence-corrected chi connectivity index (χ0v) is 11.2. The summed E-state index contributed by atoms with van der Waals surface area (Å²) < 4.78 is 4.34. The minimum Gasteiger partial charge on any atom is -0.383 e. The van der Waals surface area contributed by atoms with Gasteiger partial charge in [-0.2, -0.15) is 4.37 Å². The molecule has 1 aliphatic carbocycles. The van der Waals surface area contributed by atoms with Gasteiger partial charge in [-0.3, -0.25) is 0 Å². The number of rotatable bonds is 5. The molecule has 4 heteroatoms. The molecule has 0 saturated heterocycles. The van der Waals surface area contributed by atoms with Gasteiger partial charge in [-0.1, -0.05) is 6.92 Å². The molecule has 1 aliphatic rings. The van der Waals surface area contributed by atoms with Crippen LogP contribution in [0.1, 0.15) is 51.5 Å². The van der Waals surface area contributed by atoms with Crippen LogP contribution in [-0.2, 0) is 0 Å². The number of hydrogen-bond donors (Lipinski definition) is 1. The zero-order chi connectivity index (χ0) is 11.7. The molecule has 1 saturated carbocycles. The van der Waals surface area contributed by atoms with Crippen LogP contribution in [0.2, 0.25) is 0 Å². The Morgan fingerprint density at radius 3 is 2.69 bits per heavy atom. The largest absolute Gasteiger partial charge is 0.383 e. The second-order valence-electron chi connectivity index (χ2n) is 4.85. The van der Waals surface area contributed by atoms with E-state index < -0.39 is 0 Å². The van der Waals surface area contributed by atoms with Gasteiger partial charge >= 0.3 is 0 Å². The molecular formula is C12H21N3S. The van der Waals surface area contributed by atoms with E-state index in [0.717, 1.165) is 12.4 Å². The van der Waals surface area contributed by atoms with Gasteiger partial charge in [0.1, 0.15) is 10.8 Å². The molecule has 16 heavy (non-hydrogen) atoms. The van der Waals surface area contributed by atoms with Crippen molar-refractivity contribution in [3.63, 3.8) is 0 Å². The fourth-order valence-corrected chi connectivity index (χ4v) is 3.16. The molecule has 0 amide bonds. The maximum Gasteiger partial charge on any atom is 0.142 e. The van der Waals surface area contributed by atoms with Gasteiger partial charge in [-0.25, -0.2) is 0 Å². The van der Waals surface area contributed by atoms with Crippen LogP contribution in [-0.4, -0.2) is 17.0 Å². The van der Waals surface area contributed by atoms with E-state index in [4.69, 9.17) is 5.73 Å². The molecule has 90 valence electrons.